The van der Waals surface area contributed by atoms with Crippen molar-refractivity contribution in [3.05, 3.63) is 5.82 Å². The standard InChI is InChI=1S/C18H31N5O4/c1-25-10-22(6-7-24)17-19-16(15-9-13-4-5-14(15)8-13)20-18(21-17)23(11-26-2)12-27-3/h13-15,24H,4-12H2,1-3H3. The van der Waals surface area contributed by atoms with Crippen LogP contribution in [0.25, 0.3) is 0 Å². The molecule has 2 aliphatic carbocycles. The first-order valence-electron chi connectivity index (χ1n) is 9.53. The second-order valence-corrected chi connectivity index (χ2v) is 7.36. The van der Waals surface area contributed by atoms with Crippen LogP contribution >= 0.6 is 0 Å². The van der Waals surface area contributed by atoms with Crippen molar-refractivity contribution in [2.24, 2.45) is 11.8 Å². The van der Waals surface area contributed by atoms with Gasteiger partial charge in [-0.25, -0.2) is 0 Å². The summed E-state index contributed by atoms with van der Waals surface area (Å²) >= 11 is 0. The summed E-state index contributed by atoms with van der Waals surface area (Å²) in [4.78, 5) is 17.8. The maximum absolute atomic E-state index is 9.42. The van der Waals surface area contributed by atoms with Crippen molar-refractivity contribution < 1.29 is 19.3 Å². The summed E-state index contributed by atoms with van der Waals surface area (Å²) in [5.41, 5.74) is 0. The number of methoxy groups -OCH3 is 3. The van der Waals surface area contributed by atoms with Crippen molar-refractivity contribution in [3.8, 4) is 0 Å². The highest BCUT2D eigenvalue weighted by molar-refractivity contribution is 5.39. The monoisotopic (exact) mass is 381 g/mol. The Bertz CT molecular complexity index is 559. The zero-order valence-electron chi connectivity index (χ0n) is 16.5. The third-order valence-corrected chi connectivity index (χ3v) is 5.49. The van der Waals surface area contributed by atoms with E-state index in [1.54, 1.807) is 21.3 Å². The number of ether oxygens (including phenoxy) is 3. The lowest BCUT2D eigenvalue weighted by molar-refractivity contribution is 0.138. The van der Waals surface area contributed by atoms with Crippen LogP contribution in [0.2, 0.25) is 0 Å². The minimum atomic E-state index is -0.00626. The molecule has 1 N–H and O–H groups in total. The summed E-state index contributed by atoms with van der Waals surface area (Å²) in [7, 11) is 4.88. The van der Waals surface area contributed by atoms with Crippen molar-refractivity contribution in [2.75, 3.05) is 64.5 Å². The van der Waals surface area contributed by atoms with Gasteiger partial charge in [0.25, 0.3) is 0 Å². The van der Waals surface area contributed by atoms with Crippen molar-refractivity contribution in [1.82, 2.24) is 15.0 Å². The third-order valence-electron chi connectivity index (χ3n) is 5.49. The molecule has 0 aliphatic heterocycles. The molecule has 2 saturated carbocycles. The van der Waals surface area contributed by atoms with Crippen LogP contribution in [0.3, 0.4) is 0 Å². The Kier molecular flexibility index (Phi) is 7.17. The van der Waals surface area contributed by atoms with E-state index in [9.17, 15) is 5.11 Å². The summed E-state index contributed by atoms with van der Waals surface area (Å²) in [6.07, 6.45) is 5.00. The van der Waals surface area contributed by atoms with Gasteiger partial charge in [-0.2, -0.15) is 15.0 Å². The number of aliphatic hydroxyl groups excluding tert-OH is 1. The van der Waals surface area contributed by atoms with Gasteiger partial charge < -0.3 is 24.2 Å². The highest BCUT2D eigenvalue weighted by Crippen LogP contribution is 2.52. The molecule has 0 spiro atoms. The number of nitrogens with zero attached hydrogens (tertiary/aromatic N) is 5. The molecular formula is C18H31N5O4. The topological polar surface area (TPSA) is 93.1 Å². The molecule has 3 rings (SSSR count). The van der Waals surface area contributed by atoms with Gasteiger partial charge in [-0.1, -0.05) is 6.42 Å². The van der Waals surface area contributed by atoms with E-state index in [-0.39, 0.29) is 6.61 Å². The predicted octanol–water partition coefficient (Wildman–Crippen LogP) is 1.19. The van der Waals surface area contributed by atoms with Gasteiger partial charge in [0.15, 0.2) is 0 Å². The van der Waals surface area contributed by atoms with Gasteiger partial charge in [0.1, 0.15) is 26.0 Å². The highest BCUT2D eigenvalue weighted by Gasteiger charge is 2.42. The zero-order valence-corrected chi connectivity index (χ0v) is 16.5. The normalized spacial score (nSPS) is 23.8. The molecule has 0 aromatic carbocycles. The van der Waals surface area contributed by atoms with Gasteiger partial charge in [0.05, 0.1) is 6.61 Å². The van der Waals surface area contributed by atoms with Crippen LogP contribution in [-0.2, 0) is 14.2 Å². The van der Waals surface area contributed by atoms with Crippen LogP contribution in [0.1, 0.15) is 37.4 Å². The van der Waals surface area contributed by atoms with Crippen LogP contribution in [0.5, 0.6) is 0 Å². The molecule has 2 aliphatic rings. The molecule has 152 valence electrons. The molecular weight excluding hydrogens is 350 g/mol. The van der Waals surface area contributed by atoms with Gasteiger partial charge in [-0.3, -0.25) is 4.90 Å². The number of aromatic nitrogens is 3. The number of fused-ring (bicyclic) bond motifs is 2. The van der Waals surface area contributed by atoms with E-state index in [0.29, 0.717) is 50.5 Å². The second-order valence-electron chi connectivity index (χ2n) is 7.36. The SMILES string of the molecule is COCN(CCO)c1nc(C2CC3CCC2C3)nc(N(COC)COC)n1. The number of rotatable bonds is 11. The van der Waals surface area contributed by atoms with Gasteiger partial charge in [0, 0.05) is 33.8 Å². The third kappa shape index (κ3) is 4.66. The molecule has 2 bridgehead atoms. The summed E-state index contributed by atoms with van der Waals surface area (Å²) in [5, 5.41) is 9.42. The first-order chi connectivity index (χ1) is 13.2. The van der Waals surface area contributed by atoms with Crippen molar-refractivity contribution >= 4 is 11.9 Å². The molecule has 1 aromatic rings. The Morgan fingerprint density at radius 3 is 2.04 bits per heavy atom. The Morgan fingerprint density at radius 2 is 1.52 bits per heavy atom. The maximum atomic E-state index is 9.42. The lowest BCUT2D eigenvalue weighted by atomic mass is 9.88. The quantitative estimate of drug-likeness (QED) is 0.567. The lowest BCUT2D eigenvalue weighted by Gasteiger charge is -2.27. The van der Waals surface area contributed by atoms with Gasteiger partial charge >= 0.3 is 0 Å². The minimum Gasteiger partial charge on any atom is -0.395 e. The van der Waals surface area contributed by atoms with Crippen LogP contribution in [0, 0.1) is 11.8 Å². The molecule has 0 radical (unpaired) electrons. The summed E-state index contributed by atoms with van der Waals surface area (Å²) in [6.45, 7) is 1.32. The molecule has 3 atom stereocenters. The summed E-state index contributed by atoms with van der Waals surface area (Å²) in [6, 6.07) is 0. The van der Waals surface area contributed by atoms with E-state index in [2.05, 4.69) is 4.98 Å². The minimum absolute atomic E-state index is 0.00626. The molecule has 27 heavy (non-hydrogen) atoms. The molecule has 0 amide bonds. The van der Waals surface area contributed by atoms with E-state index >= 15 is 0 Å². The molecule has 9 nitrogen and oxygen atoms in total. The van der Waals surface area contributed by atoms with E-state index in [0.717, 1.165) is 18.2 Å². The fraction of sp³-hybridized carbons (Fsp3) is 0.833. The Balaban J connectivity index is 1.95. The lowest BCUT2D eigenvalue weighted by Crippen LogP contribution is -2.34. The fourth-order valence-electron chi connectivity index (χ4n) is 4.34. The Morgan fingerprint density at radius 1 is 0.889 bits per heavy atom. The molecule has 2 fully saturated rings. The second kappa shape index (κ2) is 9.59. The fourth-order valence-corrected chi connectivity index (χ4v) is 4.34. The van der Waals surface area contributed by atoms with Crippen molar-refractivity contribution in [3.63, 3.8) is 0 Å². The van der Waals surface area contributed by atoms with Crippen molar-refractivity contribution in [2.45, 2.75) is 31.6 Å². The molecule has 1 heterocycles. The number of hydrogen-bond acceptors (Lipinski definition) is 9. The van der Waals surface area contributed by atoms with E-state index in [1.165, 1.54) is 19.3 Å². The van der Waals surface area contributed by atoms with E-state index in [1.807, 2.05) is 9.80 Å². The zero-order chi connectivity index (χ0) is 19.2. The molecule has 3 unspecified atom stereocenters. The van der Waals surface area contributed by atoms with Crippen LogP contribution in [0.15, 0.2) is 0 Å². The highest BCUT2D eigenvalue weighted by atomic mass is 16.5. The van der Waals surface area contributed by atoms with Gasteiger partial charge in [0.2, 0.25) is 11.9 Å². The molecule has 1 aromatic heterocycles. The average Bonchev–Trinajstić information content (AvgIpc) is 3.31. The first kappa shape index (κ1) is 20.2. The van der Waals surface area contributed by atoms with Crippen LogP contribution in [0.4, 0.5) is 11.9 Å². The van der Waals surface area contributed by atoms with Gasteiger partial charge in [-0.15, -0.1) is 0 Å². The Labute approximate surface area is 160 Å². The molecule has 9 heteroatoms. The predicted molar refractivity (Wildman–Crippen MR) is 101 cm³/mol. The molecule has 0 saturated heterocycles. The van der Waals surface area contributed by atoms with Gasteiger partial charge in [-0.05, 0) is 31.1 Å². The average molecular weight is 381 g/mol. The van der Waals surface area contributed by atoms with Crippen LogP contribution < -0.4 is 9.80 Å². The van der Waals surface area contributed by atoms with E-state index < -0.39 is 0 Å². The van der Waals surface area contributed by atoms with E-state index in [4.69, 9.17) is 24.2 Å². The Hall–Kier alpha value is -1.55. The maximum Gasteiger partial charge on any atom is 0.234 e. The smallest absolute Gasteiger partial charge is 0.234 e. The summed E-state index contributed by atoms with van der Waals surface area (Å²) < 4.78 is 15.8. The van der Waals surface area contributed by atoms with Crippen molar-refractivity contribution in [1.29, 1.82) is 0 Å². The summed E-state index contributed by atoms with van der Waals surface area (Å²) in [5.74, 6) is 3.70. The number of aliphatic hydroxyl groups is 1. The largest absolute Gasteiger partial charge is 0.395 e. The number of hydrogen-bond donors (Lipinski definition) is 1. The van der Waals surface area contributed by atoms with Crippen LogP contribution in [-0.4, -0.2) is 74.7 Å². The number of anilines is 2. The first-order valence-corrected chi connectivity index (χ1v) is 9.53.